The number of anilines is 1. The van der Waals surface area contributed by atoms with Gasteiger partial charge in [-0.2, -0.15) is 0 Å². The summed E-state index contributed by atoms with van der Waals surface area (Å²) in [6.45, 7) is 3.83. The van der Waals surface area contributed by atoms with Gasteiger partial charge in [-0.15, -0.1) is 0 Å². The molecule has 142 valence electrons. The predicted octanol–water partition coefficient (Wildman–Crippen LogP) is 5.44. The normalized spacial score (nSPS) is 12.1. The van der Waals surface area contributed by atoms with Crippen molar-refractivity contribution in [3.05, 3.63) is 77.9 Å². The van der Waals surface area contributed by atoms with Gasteiger partial charge in [-0.1, -0.05) is 50.3 Å². The summed E-state index contributed by atoms with van der Waals surface area (Å²) in [5, 5.41) is 2.86. The number of carbonyl (C=O) groups is 1. The summed E-state index contributed by atoms with van der Waals surface area (Å²) in [4.78, 5) is 21.4. The van der Waals surface area contributed by atoms with Crippen LogP contribution in [0.15, 0.2) is 60.8 Å². The van der Waals surface area contributed by atoms with Crippen molar-refractivity contribution in [3.63, 3.8) is 0 Å². The van der Waals surface area contributed by atoms with Gasteiger partial charge in [0.25, 0.3) is 0 Å². The number of hydrogen-bond donors (Lipinski definition) is 1. The Morgan fingerprint density at radius 3 is 2.50 bits per heavy atom. The van der Waals surface area contributed by atoms with Gasteiger partial charge in [0.15, 0.2) is 5.82 Å². The lowest BCUT2D eigenvalue weighted by Crippen LogP contribution is -2.21. The van der Waals surface area contributed by atoms with Crippen molar-refractivity contribution >= 4 is 23.9 Å². The monoisotopic (exact) mass is 375 g/mol. The smallest absolute Gasteiger partial charge is 0.228 e. The van der Waals surface area contributed by atoms with Gasteiger partial charge in [-0.3, -0.25) is 4.79 Å². The second-order valence-electron chi connectivity index (χ2n) is 6.54. The van der Waals surface area contributed by atoms with Gasteiger partial charge >= 0.3 is 0 Å². The minimum Gasteiger partial charge on any atom is -0.309 e. The van der Waals surface area contributed by atoms with Crippen LogP contribution in [0.25, 0.3) is 23.4 Å². The van der Waals surface area contributed by atoms with E-state index in [0.29, 0.717) is 17.2 Å². The number of benzene rings is 2. The number of aromatic nitrogens is 2. The van der Waals surface area contributed by atoms with E-state index in [0.717, 1.165) is 17.5 Å². The van der Waals surface area contributed by atoms with E-state index in [-0.39, 0.29) is 17.6 Å². The highest BCUT2D eigenvalue weighted by Crippen LogP contribution is 2.22. The van der Waals surface area contributed by atoms with Crippen molar-refractivity contribution in [2.45, 2.75) is 20.3 Å². The zero-order chi connectivity index (χ0) is 19.9. The molecule has 1 heterocycles. The maximum absolute atomic E-state index is 13.2. The highest BCUT2D eigenvalue weighted by atomic mass is 19.1. The van der Waals surface area contributed by atoms with Crippen LogP contribution in [0.3, 0.4) is 0 Å². The first-order chi connectivity index (χ1) is 13.6. The molecule has 5 heteroatoms. The summed E-state index contributed by atoms with van der Waals surface area (Å²) in [6, 6.07) is 15.9. The molecule has 0 saturated carbocycles. The summed E-state index contributed by atoms with van der Waals surface area (Å²) in [7, 11) is 0. The molecule has 1 unspecified atom stereocenters. The third kappa shape index (κ3) is 4.88. The average Bonchev–Trinajstić information content (AvgIpc) is 2.73. The lowest BCUT2D eigenvalue weighted by Gasteiger charge is -2.12. The SMILES string of the molecule is CCC(C)C(=O)Nc1ncc(-c2ccc(F)cc2)nc1C=Cc1ccccc1. The minimum absolute atomic E-state index is 0.0966. The van der Waals surface area contributed by atoms with E-state index in [4.69, 9.17) is 0 Å². The Morgan fingerprint density at radius 1 is 1.11 bits per heavy atom. The second-order valence-corrected chi connectivity index (χ2v) is 6.54. The fraction of sp³-hybridized carbons (Fsp3) is 0.174. The molecule has 0 bridgehead atoms. The Hall–Kier alpha value is -3.34. The van der Waals surface area contributed by atoms with Crippen LogP contribution in [0, 0.1) is 11.7 Å². The summed E-state index contributed by atoms with van der Waals surface area (Å²) in [5.74, 6) is -0.119. The molecule has 1 N–H and O–H groups in total. The minimum atomic E-state index is -0.307. The van der Waals surface area contributed by atoms with Crippen molar-refractivity contribution in [3.8, 4) is 11.3 Å². The molecule has 0 radical (unpaired) electrons. The summed E-state index contributed by atoms with van der Waals surface area (Å²) < 4.78 is 13.2. The van der Waals surface area contributed by atoms with Crippen LogP contribution in [-0.4, -0.2) is 15.9 Å². The molecule has 2 aromatic carbocycles. The van der Waals surface area contributed by atoms with E-state index < -0.39 is 0 Å². The number of carbonyl (C=O) groups excluding carboxylic acids is 1. The lowest BCUT2D eigenvalue weighted by atomic mass is 10.1. The van der Waals surface area contributed by atoms with Gasteiger partial charge in [0.05, 0.1) is 11.9 Å². The van der Waals surface area contributed by atoms with Crippen LogP contribution in [0.4, 0.5) is 10.2 Å². The topological polar surface area (TPSA) is 54.9 Å². The molecular weight excluding hydrogens is 353 g/mol. The standard InChI is InChI=1S/C23H22FN3O/c1-3-16(2)23(28)27-22-20(14-9-17-7-5-4-6-8-17)26-21(15-25-22)18-10-12-19(24)13-11-18/h4-16H,3H2,1-2H3,(H,25,27,28). The summed E-state index contributed by atoms with van der Waals surface area (Å²) in [5.41, 5.74) is 2.91. The van der Waals surface area contributed by atoms with Crippen molar-refractivity contribution in [2.24, 2.45) is 5.92 Å². The highest BCUT2D eigenvalue weighted by molar-refractivity contribution is 5.93. The Labute approximate surface area is 164 Å². The number of hydrogen-bond acceptors (Lipinski definition) is 3. The van der Waals surface area contributed by atoms with E-state index in [1.54, 1.807) is 18.3 Å². The molecule has 28 heavy (non-hydrogen) atoms. The van der Waals surface area contributed by atoms with Crippen LogP contribution >= 0.6 is 0 Å². The van der Waals surface area contributed by atoms with E-state index in [1.165, 1.54) is 12.1 Å². The molecule has 0 spiro atoms. The summed E-state index contributed by atoms with van der Waals surface area (Å²) >= 11 is 0. The van der Waals surface area contributed by atoms with Gasteiger partial charge in [0, 0.05) is 11.5 Å². The van der Waals surface area contributed by atoms with Crippen molar-refractivity contribution in [1.29, 1.82) is 0 Å². The molecule has 1 aromatic heterocycles. The Morgan fingerprint density at radius 2 is 1.82 bits per heavy atom. The van der Waals surface area contributed by atoms with Crippen LogP contribution in [-0.2, 0) is 4.79 Å². The molecule has 0 aliphatic rings. The number of nitrogens with zero attached hydrogens (tertiary/aromatic N) is 2. The largest absolute Gasteiger partial charge is 0.309 e. The molecule has 4 nitrogen and oxygen atoms in total. The molecular formula is C23H22FN3O. The maximum atomic E-state index is 13.2. The molecule has 1 atom stereocenters. The fourth-order valence-corrected chi connectivity index (χ4v) is 2.54. The highest BCUT2D eigenvalue weighted by Gasteiger charge is 2.14. The van der Waals surface area contributed by atoms with Crippen LogP contribution < -0.4 is 5.32 Å². The number of amides is 1. The molecule has 1 amide bonds. The Balaban J connectivity index is 1.97. The molecule has 0 aliphatic heterocycles. The first-order valence-corrected chi connectivity index (χ1v) is 9.23. The molecule has 3 aromatic rings. The van der Waals surface area contributed by atoms with Crippen molar-refractivity contribution in [1.82, 2.24) is 9.97 Å². The summed E-state index contributed by atoms with van der Waals surface area (Å²) in [6.07, 6.45) is 6.06. The number of halogens is 1. The zero-order valence-corrected chi connectivity index (χ0v) is 15.9. The Bertz CT molecular complexity index is 969. The first-order valence-electron chi connectivity index (χ1n) is 9.23. The second kappa shape index (κ2) is 9.04. The molecule has 0 fully saturated rings. The van der Waals surface area contributed by atoms with Crippen LogP contribution in [0.5, 0.6) is 0 Å². The number of nitrogens with one attached hydrogen (secondary N) is 1. The predicted molar refractivity (Wildman–Crippen MR) is 111 cm³/mol. The van der Waals surface area contributed by atoms with Gasteiger partial charge in [-0.25, -0.2) is 14.4 Å². The number of rotatable bonds is 6. The molecule has 3 rings (SSSR count). The van der Waals surface area contributed by atoms with Crippen LogP contribution in [0.1, 0.15) is 31.5 Å². The lowest BCUT2D eigenvalue weighted by molar-refractivity contribution is -0.119. The maximum Gasteiger partial charge on any atom is 0.228 e. The fourth-order valence-electron chi connectivity index (χ4n) is 2.54. The van der Waals surface area contributed by atoms with Crippen LogP contribution in [0.2, 0.25) is 0 Å². The van der Waals surface area contributed by atoms with E-state index in [9.17, 15) is 9.18 Å². The Kier molecular flexibility index (Phi) is 6.27. The molecule has 0 saturated heterocycles. The van der Waals surface area contributed by atoms with Crippen molar-refractivity contribution < 1.29 is 9.18 Å². The van der Waals surface area contributed by atoms with E-state index in [1.807, 2.05) is 56.3 Å². The first kappa shape index (κ1) is 19.4. The zero-order valence-electron chi connectivity index (χ0n) is 15.9. The quantitative estimate of drug-likeness (QED) is 0.624. The third-order valence-electron chi connectivity index (χ3n) is 4.47. The van der Waals surface area contributed by atoms with Gasteiger partial charge in [0.2, 0.25) is 5.91 Å². The van der Waals surface area contributed by atoms with Gasteiger partial charge in [0.1, 0.15) is 11.5 Å². The average molecular weight is 375 g/mol. The molecule has 0 aliphatic carbocycles. The van der Waals surface area contributed by atoms with E-state index in [2.05, 4.69) is 15.3 Å². The van der Waals surface area contributed by atoms with Gasteiger partial charge in [-0.05, 0) is 42.3 Å². The van der Waals surface area contributed by atoms with Crippen molar-refractivity contribution in [2.75, 3.05) is 5.32 Å². The van der Waals surface area contributed by atoms with E-state index >= 15 is 0 Å². The van der Waals surface area contributed by atoms with Gasteiger partial charge < -0.3 is 5.32 Å². The third-order valence-corrected chi connectivity index (χ3v) is 4.47.